The molecule has 3 fully saturated rings. The summed E-state index contributed by atoms with van der Waals surface area (Å²) >= 11 is 0. The number of nitrogens with zero attached hydrogens (tertiary/aromatic N) is 2. The predicted octanol–water partition coefficient (Wildman–Crippen LogP) is 1.87. The van der Waals surface area contributed by atoms with E-state index in [0.29, 0.717) is 12.3 Å². The summed E-state index contributed by atoms with van der Waals surface area (Å²) in [7, 11) is 0. The molecule has 9 heteroatoms. The first-order valence-corrected chi connectivity index (χ1v) is 8.51. The quantitative estimate of drug-likeness (QED) is 0.863. The summed E-state index contributed by atoms with van der Waals surface area (Å²) < 4.78 is 39.9. The monoisotopic (exact) mass is 356 g/mol. The third-order valence-electron chi connectivity index (χ3n) is 5.69. The van der Waals surface area contributed by atoms with Gasteiger partial charge in [0.15, 0.2) is 5.69 Å². The summed E-state index contributed by atoms with van der Waals surface area (Å²) in [5.74, 6) is -0.463. The molecule has 3 N–H and O–H groups in total. The number of alkyl halides is 3. The number of nitrogens with two attached hydrogens (primary N) is 1. The van der Waals surface area contributed by atoms with Crippen LogP contribution in [0.1, 0.15) is 54.3 Å². The van der Waals surface area contributed by atoms with E-state index in [9.17, 15) is 22.8 Å². The third-order valence-corrected chi connectivity index (χ3v) is 5.69. The van der Waals surface area contributed by atoms with E-state index in [4.69, 9.17) is 5.73 Å². The summed E-state index contributed by atoms with van der Waals surface area (Å²) in [5, 5.41) is 6.42. The molecule has 0 saturated heterocycles. The lowest BCUT2D eigenvalue weighted by atomic mass is 9.71. The molecule has 3 aliphatic rings. The second kappa shape index (κ2) is 5.47. The fourth-order valence-electron chi connectivity index (χ4n) is 4.17. The molecule has 4 atom stereocenters. The summed E-state index contributed by atoms with van der Waals surface area (Å²) in [4.78, 5) is 23.8. The number of hydrogen-bond acceptors (Lipinski definition) is 3. The van der Waals surface area contributed by atoms with E-state index in [1.807, 2.05) is 0 Å². The van der Waals surface area contributed by atoms with E-state index in [-0.39, 0.29) is 35.5 Å². The number of nitrogens with one attached hydrogen (secondary N) is 1. The van der Waals surface area contributed by atoms with Gasteiger partial charge in [-0.1, -0.05) is 0 Å². The molecular weight excluding hydrogens is 337 g/mol. The minimum Gasteiger partial charge on any atom is -0.369 e. The van der Waals surface area contributed by atoms with Crippen molar-refractivity contribution in [3.8, 4) is 0 Å². The first-order chi connectivity index (χ1) is 11.7. The molecule has 0 spiro atoms. The Morgan fingerprint density at radius 3 is 2.56 bits per heavy atom. The molecule has 136 valence electrons. The number of carbonyl (C=O) groups is 2. The van der Waals surface area contributed by atoms with E-state index >= 15 is 0 Å². The Morgan fingerprint density at radius 1 is 1.24 bits per heavy atom. The maximum Gasteiger partial charge on any atom is 0.435 e. The van der Waals surface area contributed by atoms with Gasteiger partial charge in [0.05, 0.1) is 6.04 Å². The van der Waals surface area contributed by atoms with Gasteiger partial charge in [0.1, 0.15) is 5.69 Å². The minimum atomic E-state index is -4.57. The maximum atomic E-state index is 12.9. The van der Waals surface area contributed by atoms with Crippen molar-refractivity contribution >= 4 is 11.8 Å². The van der Waals surface area contributed by atoms with Crippen molar-refractivity contribution < 1.29 is 22.8 Å². The van der Waals surface area contributed by atoms with Crippen molar-refractivity contribution in [3.63, 3.8) is 0 Å². The standard InChI is InChI=1S/C16H19F3N4O2/c17-16(18,19)13-6-12(23(22-13)9-1-2-9)15(25)21-11-5-7-3-8(14(20)24)4-10(7)11/h6-11H,1-5H2,(H2,20,24)(H,21,25). The second-order valence-corrected chi connectivity index (χ2v) is 7.40. The lowest BCUT2D eigenvalue weighted by Crippen LogP contribution is -2.50. The molecular formula is C16H19F3N4O2. The lowest BCUT2D eigenvalue weighted by molar-refractivity contribution is -0.141. The summed E-state index contributed by atoms with van der Waals surface area (Å²) in [6.07, 6.45) is -0.993. The van der Waals surface area contributed by atoms with Gasteiger partial charge < -0.3 is 11.1 Å². The number of aromatic nitrogens is 2. The van der Waals surface area contributed by atoms with E-state index < -0.39 is 17.8 Å². The highest BCUT2D eigenvalue weighted by Crippen LogP contribution is 2.49. The van der Waals surface area contributed by atoms with Crippen molar-refractivity contribution in [1.29, 1.82) is 0 Å². The molecule has 4 rings (SSSR count). The predicted molar refractivity (Wildman–Crippen MR) is 80.3 cm³/mol. The molecule has 0 bridgehead atoms. The number of hydrogen-bond donors (Lipinski definition) is 2. The molecule has 3 saturated carbocycles. The Hall–Kier alpha value is -2.06. The van der Waals surface area contributed by atoms with Crippen molar-refractivity contribution in [3.05, 3.63) is 17.5 Å². The van der Waals surface area contributed by atoms with Crippen LogP contribution in [-0.2, 0) is 11.0 Å². The van der Waals surface area contributed by atoms with Crippen molar-refractivity contribution in [1.82, 2.24) is 15.1 Å². The molecule has 3 aliphatic carbocycles. The van der Waals surface area contributed by atoms with Crippen LogP contribution >= 0.6 is 0 Å². The number of fused-ring (bicyclic) bond motifs is 1. The Bertz CT molecular complexity index is 725. The molecule has 2 amide bonds. The van der Waals surface area contributed by atoms with Crippen LogP contribution in [0.15, 0.2) is 6.07 Å². The molecule has 1 aromatic heterocycles. The summed E-state index contributed by atoms with van der Waals surface area (Å²) in [5.41, 5.74) is 4.27. The highest BCUT2D eigenvalue weighted by molar-refractivity contribution is 5.93. The number of carbonyl (C=O) groups excluding carboxylic acids is 2. The van der Waals surface area contributed by atoms with E-state index in [1.54, 1.807) is 0 Å². The zero-order chi connectivity index (χ0) is 17.9. The third kappa shape index (κ3) is 2.89. The van der Waals surface area contributed by atoms with Crippen LogP contribution < -0.4 is 11.1 Å². The highest BCUT2D eigenvalue weighted by atomic mass is 19.4. The number of halogens is 3. The Kier molecular flexibility index (Phi) is 3.59. The van der Waals surface area contributed by atoms with Gasteiger partial charge in [-0.05, 0) is 43.9 Å². The summed E-state index contributed by atoms with van der Waals surface area (Å²) in [6.45, 7) is 0. The fourth-order valence-corrected chi connectivity index (χ4v) is 4.17. The molecule has 0 aromatic carbocycles. The van der Waals surface area contributed by atoms with Crippen LogP contribution in [0.3, 0.4) is 0 Å². The normalized spacial score (nSPS) is 31.3. The van der Waals surface area contributed by atoms with Gasteiger partial charge >= 0.3 is 6.18 Å². The second-order valence-electron chi connectivity index (χ2n) is 7.40. The molecule has 1 heterocycles. The molecule has 0 aliphatic heterocycles. The average molecular weight is 356 g/mol. The van der Waals surface area contributed by atoms with E-state index in [0.717, 1.165) is 31.7 Å². The van der Waals surface area contributed by atoms with Crippen LogP contribution in [0.2, 0.25) is 0 Å². The van der Waals surface area contributed by atoms with Crippen molar-refractivity contribution in [2.75, 3.05) is 0 Å². The Morgan fingerprint density at radius 2 is 1.96 bits per heavy atom. The Balaban J connectivity index is 1.47. The zero-order valence-electron chi connectivity index (χ0n) is 13.4. The lowest BCUT2D eigenvalue weighted by Gasteiger charge is -2.40. The van der Waals surface area contributed by atoms with Crippen LogP contribution in [0.25, 0.3) is 0 Å². The van der Waals surface area contributed by atoms with Gasteiger partial charge in [0, 0.05) is 18.0 Å². The van der Waals surface area contributed by atoms with Gasteiger partial charge in [-0.15, -0.1) is 0 Å². The number of amides is 2. The van der Waals surface area contributed by atoms with E-state index in [1.165, 1.54) is 4.68 Å². The first kappa shape index (κ1) is 16.4. The smallest absolute Gasteiger partial charge is 0.369 e. The average Bonchev–Trinajstić information content (AvgIpc) is 3.14. The van der Waals surface area contributed by atoms with Crippen molar-refractivity contribution in [2.45, 2.75) is 50.4 Å². The largest absolute Gasteiger partial charge is 0.435 e. The van der Waals surface area contributed by atoms with Gasteiger partial charge in [0.25, 0.3) is 5.91 Å². The number of rotatable bonds is 4. The van der Waals surface area contributed by atoms with Gasteiger partial charge in [-0.2, -0.15) is 18.3 Å². The van der Waals surface area contributed by atoms with Gasteiger partial charge in [0.2, 0.25) is 5.91 Å². The van der Waals surface area contributed by atoms with Crippen LogP contribution in [0, 0.1) is 17.8 Å². The summed E-state index contributed by atoms with van der Waals surface area (Å²) in [6, 6.07) is 0.584. The highest BCUT2D eigenvalue weighted by Gasteiger charge is 2.50. The van der Waals surface area contributed by atoms with Gasteiger partial charge in [-0.25, -0.2) is 0 Å². The van der Waals surface area contributed by atoms with Crippen molar-refractivity contribution in [2.24, 2.45) is 23.5 Å². The van der Waals surface area contributed by atoms with Crippen LogP contribution in [0.5, 0.6) is 0 Å². The molecule has 25 heavy (non-hydrogen) atoms. The van der Waals surface area contributed by atoms with Gasteiger partial charge in [-0.3, -0.25) is 14.3 Å². The number of primary amides is 1. The minimum absolute atomic E-state index is 0.0391. The zero-order valence-corrected chi connectivity index (χ0v) is 13.4. The molecule has 1 aromatic rings. The fraction of sp³-hybridized carbons (Fsp3) is 0.688. The van der Waals surface area contributed by atoms with Crippen LogP contribution in [-0.4, -0.2) is 27.6 Å². The maximum absolute atomic E-state index is 12.9. The topological polar surface area (TPSA) is 90.0 Å². The molecule has 6 nitrogen and oxygen atoms in total. The molecule has 4 unspecified atom stereocenters. The van der Waals surface area contributed by atoms with Crippen LogP contribution in [0.4, 0.5) is 13.2 Å². The van der Waals surface area contributed by atoms with E-state index in [2.05, 4.69) is 10.4 Å². The Labute approximate surface area is 141 Å². The molecule has 0 radical (unpaired) electrons. The first-order valence-electron chi connectivity index (χ1n) is 8.51. The SMILES string of the molecule is NC(=O)C1CC2CC(NC(=O)c3cc(C(F)(F)F)nn3C3CC3)C2C1.